The Morgan fingerprint density at radius 3 is 2.62 bits per heavy atom. The number of carbonyl (C=O) groups excluding carboxylic acids is 1. The first-order valence-corrected chi connectivity index (χ1v) is 10.4. The van der Waals surface area contributed by atoms with Gasteiger partial charge in [0.05, 0.1) is 28.7 Å². The minimum absolute atomic E-state index is 0.0418. The summed E-state index contributed by atoms with van der Waals surface area (Å²) in [6.45, 7) is 1.63. The first-order chi connectivity index (χ1) is 15.4. The Kier molecular flexibility index (Phi) is 5.89. The molecule has 1 saturated heterocycles. The molecule has 2 aromatic carbocycles. The summed E-state index contributed by atoms with van der Waals surface area (Å²) in [5, 5.41) is 21.4. The molecular weight excluding hydrogens is 434 g/mol. The van der Waals surface area contributed by atoms with Crippen LogP contribution >= 0.6 is 11.8 Å². The maximum atomic E-state index is 12.9. The second kappa shape index (κ2) is 8.77. The summed E-state index contributed by atoms with van der Waals surface area (Å²) in [5.74, 6) is -0.329. The fourth-order valence-electron chi connectivity index (χ4n) is 3.23. The van der Waals surface area contributed by atoms with Crippen molar-refractivity contribution in [3.8, 4) is 0 Å². The molecule has 1 aliphatic heterocycles. The zero-order valence-electron chi connectivity index (χ0n) is 16.8. The average Bonchev–Trinajstić information content (AvgIpc) is 3.03. The van der Waals surface area contributed by atoms with Crippen LogP contribution in [0.15, 0.2) is 67.6 Å². The third-order valence-corrected chi connectivity index (χ3v) is 5.78. The molecule has 0 aliphatic carbocycles. The lowest BCUT2D eigenvalue weighted by Gasteiger charge is -2.13. The Labute approximate surface area is 185 Å². The fraction of sp³-hybridized carbons (Fsp3) is 0.136. The normalized spacial score (nSPS) is 16.4. The molecule has 0 radical (unpaired) electrons. The second-order valence-corrected chi connectivity index (χ2v) is 7.97. The van der Waals surface area contributed by atoms with Crippen molar-refractivity contribution in [2.75, 3.05) is 13.2 Å². The quantitative estimate of drug-likeness (QED) is 0.272. The van der Waals surface area contributed by atoms with E-state index in [0.29, 0.717) is 26.9 Å². The number of carbonyl (C=O) groups is 1. The van der Waals surface area contributed by atoms with Gasteiger partial charge in [0.25, 0.3) is 11.6 Å². The van der Waals surface area contributed by atoms with Gasteiger partial charge in [-0.05, 0) is 60.2 Å². The minimum Gasteiger partial charge on any atom is -0.423 e. The van der Waals surface area contributed by atoms with E-state index < -0.39 is 10.5 Å². The van der Waals surface area contributed by atoms with Crippen molar-refractivity contribution < 1.29 is 19.2 Å². The van der Waals surface area contributed by atoms with Crippen molar-refractivity contribution in [1.82, 2.24) is 4.90 Å². The molecule has 1 fully saturated rings. The van der Waals surface area contributed by atoms with Gasteiger partial charge in [-0.2, -0.15) is 0 Å². The number of hydrogen-bond acceptors (Lipinski definition) is 8. The number of benzene rings is 2. The van der Waals surface area contributed by atoms with Crippen LogP contribution in [0.2, 0.25) is 0 Å². The van der Waals surface area contributed by atoms with E-state index in [1.807, 2.05) is 6.92 Å². The maximum absolute atomic E-state index is 12.9. The number of aliphatic imine (C=N–C) groups is 1. The van der Waals surface area contributed by atoms with E-state index in [1.54, 1.807) is 36.4 Å². The van der Waals surface area contributed by atoms with Crippen molar-refractivity contribution in [3.05, 3.63) is 85.1 Å². The summed E-state index contributed by atoms with van der Waals surface area (Å²) in [6, 6.07) is 12.4. The summed E-state index contributed by atoms with van der Waals surface area (Å²) in [5.41, 5.74) is 1.79. The number of rotatable bonds is 5. The van der Waals surface area contributed by atoms with Crippen LogP contribution in [0.25, 0.3) is 17.0 Å². The number of amidine groups is 1. The van der Waals surface area contributed by atoms with Crippen molar-refractivity contribution in [1.29, 1.82) is 0 Å². The first-order valence-electron chi connectivity index (χ1n) is 9.55. The van der Waals surface area contributed by atoms with E-state index in [1.165, 1.54) is 23.1 Å². The van der Waals surface area contributed by atoms with Crippen molar-refractivity contribution in [2.45, 2.75) is 6.92 Å². The molecular formula is C22H17N3O6S. The highest BCUT2D eigenvalue weighted by Gasteiger charge is 2.33. The number of thioether (sulfide) groups is 1. The molecule has 10 heteroatoms. The molecule has 0 unspecified atom stereocenters. The molecule has 32 heavy (non-hydrogen) atoms. The molecule has 4 rings (SSSR count). The van der Waals surface area contributed by atoms with Gasteiger partial charge in [-0.25, -0.2) is 9.79 Å². The molecule has 0 atom stereocenters. The van der Waals surface area contributed by atoms with E-state index in [-0.39, 0.29) is 24.7 Å². The summed E-state index contributed by atoms with van der Waals surface area (Å²) < 4.78 is 5.26. The molecule has 0 spiro atoms. The lowest BCUT2D eigenvalue weighted by Crippen LogP contribution is -2.31. The zero-order chi connectivity index (χ0) is 22.8. The number of nitrogens with zero attached hydrogens (tertiary/aromatic N) is 3. The van der Waals surface area contributed by atoms with Gasteiger partial charge in [0, 0.05) is 29.7 Å². The Bertz CT molecular complexity index is 1340. The smallest absolute Gasteiger partial charge is 0.336 e. The number of aryl methyl sites for hydroxylation is 1. The van der Waals surface area contributed by atoms with Crippen LogP contribution in [0.4, 0.5) is 11.4 Å². The SMILES string of the molecule is Cc1cc(=O)oc2cc(N=C3S/C(=C\c4ccc([N+](=O)[O-])cc4)C(=O)N3CCO)ccc12. The van der Waals surface area contributed by atoms with Gasteiger partial charge in [-0.3, -0.25) is 19.8 Å². The molecule has 1 aromatic heterocycles. The first kappa shape index (κ1) is 21.5. The highest BCUT2D eigenvalue weighted by Crippen LogP contribution is 2.34. The summed E-state index contributed by atoms with van der Waals surface area (Å²) >= 11 is 1.13. The number of aliphatic hydroxyl groups is 1. The van der Waals surface area contributed by atoms with Crippen molar-refractivity contribution in [3.63, 3.8) is 0 Å². The number of amides is 1. The highest BCUT2D eigenvalue weighted by molar-refractivity contribution is 8.18. The molecule has 1 N–H and O–H groups in total. The molecule has 0 bridgehead atoms. The highest BCUT2D eigenvalue weighted by atomic mass is 32.2. The summed E-state index contributed by atoms with van der Waals surface area (Å²) in [7, 11) is 0. The average molecular weight is 451 g/mol. The van der Waals surface area contributed by atoms with Gasteiger partial charge in [0.1, 0.15) is 5.58 Å². The van der Waals surface area contributed by atoms with Crippen LogP contribution in [0.3, 0.4) is 0 Å². The predicted molar refractivity (Wildman–Crippen MR) is 122 cm³/mol. The molecule has 0 saturated carbocycles. The number of nitro groups is 1. The molecule has 3 aromatic rings. The second-order valence-electron chi connectivity index (χ2n) is 6.96. The summed E-state index contributed by atoms with van der Waals surface area (Å²) in [4.78, 5) is 41.1. The van der Waals surface area contributed by atoms with E-state index in [9.17, 15) is 24.8 Å². The van der Waals surface area contributed by atoms with Crippen LogP contribution in [-0.2, 0) is 4.79 Å². The Morgan fingerprint density at radius 2 is 1.94 bits per heavy atom. The van der Waals surface area contributed by atoms with Gasteiger partial charge in [-0.15, -0.1) is 0 Å². The predicted octanol–water partition coefficient (Wildman–Crippen LogP) is 3.61. The Hall–Kier alpha value is -3.76. The van der Waals surface area contributed by atoms with Crippen LogP contribution in [-0.4, -0.2) is 39.2 Å². The lowest BCUT2D eigenvalue weighted by molar-refractivity contribution is -0.384. The van der Waals surface area contributed by atoms with Gasteiger partial charge in [0.2, 0.25) is 0 Å². The number of β-amino-alcohol motifs (C(OH)–C–C–N with tert-alkyl or cyclic N) is 1. The zero-order valence-corrected chi connectivity index (χ0v) is 17.7. The monoisotopic (exact) mass is 451 g/mol. The number of fused-ring (bicyclic) bond motifs is 1. The largest absolute Gasteiger partial charge is 0.423 e. The minimum atomic E-state index is -0.493. The van der Waals surface area contributed by atoms with E-state index in [0.717, 1.165) is 22.7 Å². The molecule has 162 valence electrons. The Balaban J connectivity index is 1.69. The molecule has 1 aliphatic rings. The number of non-ortho nitro benzene ring substituents is 1. The number of hydrogen-bond donors (Lipinski definition) is 1. The van der Waals surface area contributed by atoms with Crippen molar-refractivity contribution in [2.24, 2.45) is 4.99 Å². The van der Waals surface area contributed by atoms with Gasteiger partial charge < -0.3 is 9.52 Å². The van der Waals surface area contributed by atoms with Gasteiger partial charge >= 0.3 is 5.63 Å². The number of aliphatic hydroxyl groups excluding tert-OH is 1. The summed E-state index contributed by atoms with van der Waals surface area (Å²) in [6.07, 6.45) is 1.62. The van der Waals surface area contributed by atoms with Crippen LogP contribution in [0.5, 0.6) is 0 Å². The van der Waals surface area contributed by atoms with E-state index in [2.05, 4.69) is 4.99 Å². The lowest BCUT2D eigenvalue weighted by atomic mass is 10.1. The van der Waals surface area contributed by atoms with Crippen LogP contribution in [0, 0.1) is 17.0 Å². The molecule has 2 heterocycles. The third-order valence-electron chi connectivity index (χ3n) is 4.77. The fourth-order valence-corrected chi connectivity index (χ4v) is 4.25. The topological polar surface area (TPSA) is 126 Å². The molecule has 1 amide bonds. The van der Waals surface area contributed by atoms with Crippen LogP contribution in [0.1, 0.15) is 11.1 Å². The van der Waals surface area contributed by atoms with Gasteiger partial charge in [-0.1, -0.05) is 0 Å². The number of nitro benzene ring substituents is 1. The maximum Gasteiger partial charge on any atom is 0.336 e. The van der Waals surface area contributed by atoms with Gasteiger partial charge in [0.15, 0.2) is 5.17 Å². The van der Waals surface area contributed by atoms with Crippen LogP contribution < -0.4 is 5.63 Å². The molecule has 9 nitrogen and oxygen atoms in total. The third kappa shape index (κ3) is 4.32. The van der Waals surface area contributed by atoms with Crippen molar-refractivity contribution >= 4 is 51.3 Å². The Morgan fingerprint density at radius 1 is 1.19 bits per heavy atom. The van der Waals surface area contributed by atoms with E-state index >= 15 is 0 Å². The van der Waals surface area contributed by atoms with E-state index in [4.69, 9.17) is 4.42 Å². The standard InChI is InChI=1S/C22H17N3O6S/c1-13-10-20(27)31-18-12-15(4-7-17(13)18)23-22-24(8-9-26)21(28)19(32-22)11-14-2-5-16(6-3-14)25(29)30/h2-7,10-12,26H,8-9H2,1H3/b19-11-,23-22?.